The van der Waals surface area contributed by atoms with Gasteiger partial charge in [0.15, 0.2) is 29.0 Å². The molecule has 1 aromatic heterocycles. The number of rotatable bonds is 8. The predicted octanol–water partition coefficient (Wildman–Crippen LogP) is 4.70. The standard InChI is InChI=1S/C21H19ClN2O5S/c1-12(25)13-4-7-18(19(9-13)28-3)29-10-20(26)24-21-23-16(11-30-21)14-5-6-17(27-2)15(22)8-14/h4-9,11H,10H2,1-3H3,(H,23,24,26). The lowest BCUT2D eigenvalue weighted by atomic mass is 10.1. The van der Waals surface area contributed by atoms with Gasteiger partial charge < -0.3 is 14.2 Å². The van der Waals surface area contributed by atoms with E-state index >= 15 is 0 Å². The second-order valence-corrected chi connectivity index (χ2v) is 7.41. The molecule has 0 radical (unpaired) electrons. The Labute approximate surface area is 182 Å². The van der Waals surface area contributed by atoms with Gasteiger partial charge in [-0.3, -0.25) is 14.9 Å². The molecule has 3 aromatic rings. The monoisotopic (exact) mass is 446 g/mol. The molecule has 0 saturated heterocycles. The number of methoxy groups -OCH3 is 2. The summed E-state index contributed by atoms with van der Waals surface area (Å²) < 4.78 is 15.9. The van der Waals surface area contributed by atoms with E-state index in [2.05, 4.69) is 10.3 Å². The molecule has 0 fully saturated rings. The van der Waals surface area contributed by atoms with E-state index in [9.17, 15) is 9.59 Å². The molecule has 2 aromatic carbocycles. The van der Waals surface area contributed by atoms with Gasteiger partial charge in [0.05, 0.1) is 24.9 Å². The zero-order chi connectivity index (χ0) is 21.7. The van der Waals surface area contributed by atoms with Gasteiger partial charge in [0, 0.05) is 16.5 Å². The van der Waals surface area contributed by atoms with Crippen molar-refractivity contribution in [3.05, 3.63) is 52.4 Å². The van der Waals surface area contributed by atoms with E-state index in [1.807, 2.05) is 11.4 Å². The lowest BCUT2D eigenvalue weighted by Crippen LogP contribution is -2.20. The minimum atomic E-state index is -0.374. The Bertz CT molecular complexity index is 1080. The van der Waals surface area contributed by atoms with Crippen molar-refractivity contribution in [2.24, 2.45) is 0 Å². The molecule has 156 valence electrons. The van der Waals surface area contributed by atoms with Crippen molar-refractivity contribution in [3.63, 3.8) is 0 Å². The van der Waals surface area contributed by atoms with Crippen LogP contribution >= 0.6 is 22.9 Å². The molecular formula is C21H19ClN2O5S. The van der Waals surface area contributed by atoms with Crippen LogP contribution in [0.1, 0.15) is 17.3 Å². The number of nitrogens with one attached hydrogen (secondary N) is 1. The highest BCUT2D eigenvalue weighted by molar-refractivity contribution is 7.14. The van der Waals surface area contributed by atoms with Crippen molar-refractivity contribution in [1.82, 2.24) is 4.98 Å². The van der Waals surface area contributed by atoms with Crippen LogP contribution in [-0.2, 0) is 4.79 Å². The summed E-state index contributed by atoms with van der Waals surface area (Å²) in [6, 6.07) is 10.1. The fraction of sp³-hybridized carbons (Fsp3) is 0.190. The average molecular weight is 447 g/mol. The number of ether oxygens (including phenoxy) is 3. The van der Waals surface area contributed by atoms with Gasteiger partial charge in [-0.1, -0.05) is 11.6 Å². The van der Waals surface area contributed by atoms with Gasteiger partial charge in [0.2, 0.25) is 0 Å². The van der Waals surface area contributed by atoms with Crippen LogP contribution in [0.25, 0.3) is 11.3 Å². The Morgan fingerprint density at radius 2 is 1.80 bits per heavy atom. The first kappa shape index (κ1) is 21.6. The summed E-state index contributed by atoms with van der Waals surface area (Å²) in [4.78, 5) is 28.1. The largest absolute Gasteiger partial charge is 0.495 e. The number of nitrogens with zero attached hydrogens (tertiary/aromatic N) is 1. The molecule has 1 heterocycles. The average Bonchev–Trinajstić information content (AvgIpc) is 3.20. The number of halogens is 1. The Morgan fingerprint density at radius 3 is 2.47 bits per heavy atom. The quantitative estimate of drug-likeness (QED) is 0.504. The van der Waals surface area contributed by atoms with E-state index in [-0.39, 0.29) is 18.3 Å². The van der Waals surface area contributed by atoms with E-state index in [1.165, 1.54) is 25.4 Å². The van der Waals surface area contributed by atoms with Gasteiger partial charge >= 0.3 is 0 Å². The number of hydrogen-bond acceptors (Lipinski definition) is 7. The maximum absolute atomic E-state index is 12.2. The van der Waals surface area contributed by atoms with Gasteiger partial charge in [-0.05, 0) is 43.3 Å². The maximum atomic E-state index is 12.2. The molecular weight excluding hydrogens is 428 g/mol. The van der Waals surface area contributed by atoms with E-state index in [0.717, 1.165) is 5.56 Å². The zero-order valence-electron chi connectivity index (χ0n) is 16.5. The molecule has 0 atom stereocenters. The molecule has 0 spiro atoms. The van der Waals surface area contributed by atoms with Gasteiger partial charge in [-0.25, -0.2) is 4.98 Å². The fourth-order valence-corrected chi connectivity index (χ4v) is 3.59. The van der Waals surface area contributed by atoms with Crippen LogP contribution in [0.5, 0.6) is 17.2 Å². The number of carbonyl (C=O) groups excluding carboxylic acids is 2. The minimum Gasteiger partial charge on any atom is -0.495 e. The number of aromatic nitrogens is 1. The smallest absolute Gasteiger partial charge is 0.264 e. The molecule has 7 nitrogen and oxygen atoms in total. The van der Waals surface area contributed by atoms with Crippen LogP contribution < -0.4 is 19.5 Å². The minimum absolute atomic E-state index is 0.0877. The number of ketones is 1. The third-order valence-electron chi connectivity index (χ3n) is 4.13. The summed E-state index contributed by atoms with van der Waals surface area (Å²) in [7, 11) is 3.02. The van der Waals surface area contributed by atoms with Crippen molar-refractivity contribution < 1.29 is 23.8 Å². The number of anilines is 1. The molecule has 0 saturated carbocycles. The first-order valence-corrected chi connectivity index (χ1v) is 10.1. The van der Waals surface area contributed by atoms with Gasteiger partial charge in [-0.2, -0.15) is 0 Å². The topological polar surface area (TPSA) is 86.8 Å². The second kappa shape index (κ2) is 9.60. The number of thiazole rings is 1. The van der Waals surface area contributed by atoms with E-state index in [4.69, 9.17) is 25.8 Å². The molecule has 0 aliphatic carbocycles. The van der Waals surface area contributed by atoms with Crippen molar-refractivity contribution in [2.45, 2.75) is 6.92 Å². The number of hydrogen-bond donors (Lipinski definition) is 1. The van der Waals surface area contributed by atoms with Crippen LogP contribution in [0.4, 0.5) is 5.13 Å². The van der Waals surface area contributed by atoms with E-state index in [0.29, 0.717) is 38.7 Å². The van der Waals surface area contributed by atoms with Crippen molar-refractivity contribution in [1.29, 1.82) is 0 Å². The van der Waals surface area contributed by atoms with E-state index in [1.54, 1.807) is 37.4 Å². The van der Waals surface area contributed by atoms with Crippen LogP contribution in [-0.4, -0.2) is 37.5 Å². The second-order valence-electron chi connectivity index (χ2n) is 6.15. The molecule has 0 aliphatic rings. The zero-order valence-corrected chi connectivity index (χ0v) is 18.1. The molecule has 1 amide bonds. The molecule has 3 rings (SSSR count). The predicted molar refractivity (Wildman–Crippen MR) is 116 cm³/mol. The molecule has 0 bridgehead atoms. The van der Waals surface area contributed by atoms with Crippen LogP contribution in [0, 0.1) is 0 Å². The Morgan fingerprint density at radius 1 is 1.07 bits per heavy atom. The number of carbonyl (C=O) groups is 2. The van der Waals surface area contributed by atoms with Crippen molar-refractivity contribution >= 4 is 39.8 Å². The highest BCUT2D eigenvalue weighted by atomic mass is 35.5. The molecule has 9 heteroatoms. The van der Waals surface area contributed by atoms with Crippen LogP contribution in [0.3, 0.4) is 0 Å². The molecule has 0 unspecified atom stereocenters. The van der Waals surface area contributed by atoms with Crippen molar-refractivity contribution in [2.75, 3.05) is 26.1 Å². The summed E-state index contributed by atoms with van der Waals surface area (Å²) in [6.45, 7) is 1.23. The summed E-state index contributed by atoms with van der Waals surface area (Å²) in [5.41, 5.74) is 1.99. The molecule has 30 heavy (non-hydrogen) atoms. The summed E-state index contributed by atoms with van der Waals surface area (Å²) in [5.74, 6) is 0.860. The molecule has 1 N–H and O–H groups in total. The Kier molecular flexibility index (Phi) is 6.91. The lowest BCUT2D eigenvalue weighted by molar-refractivity contribution is -0.118. The normalized spacial score (nSPS) is 10.4. The van der Waals surface area contributed by atoms with Gasteiger partial charge in [-0.15, -0.1) is 11.3 Å². The maximum Gasteiger partial charge on any atom is 0.264 e. The van der Waals surface area contributed by atoms with E-state index < -0.39 is 0 Å². The summed E-state index contributed by atoms with van der Waals surface area (Å²) in [6.07, 6.45) is 0. The first-order chi connectivity index (χ1) is 14.4. The highest BCUT2D eigenvalue weighted by Gasteiger charge is 2.13. The fourth-order valence-electron chi connectivity index (χ4n) is 2.59. The summed E-state index contributed by atoms with van der Waals surface area (Å²) in [5, 5.41) is 5.43. The SMILES string of the molecule is COc1ccc(-c2csc(NC(=O)COc3ccc(C(C)=O)cc3OC)n2)cc1Cl. The molecule has 0 aliphatic heterocycles. The number of amides is 1. The Balaban J connectivity index is 1.62. The van der Waals surface area contributed by atoms with Gasteiger partial charge in [0.1, 0.15) is 5.75 Å². The number of benzene rings is 2. The van der Waals surface area contributed by atoms with Crippen LogP contribution in [0.15, 0.2) is 41.8 Å². The third kappa shape index (κ3) is 5.08. The summed E-state index contributed by atoms with van der Waals surface area (Å²) >= 11 is 7.45. The van der Waals surface area contributed by atoms with Crippen molar-refractivity contribution in [3.8, 4) is 28.5 Å². The van der Waals surface area contributed by atoms with Crippen LogP contribution in [0.2, 0.25) is 5.02 Å². The highest BCUT2D eigenvalue weighted by Crippen LogP contribution is 2.32. The third-order valence-corrected chi connectivity index (χ3v) is 5.18. The Hall–Kier alpha value is -3.10. The van der Waals surface area contributed by atoms with Gasteiger partial charge in [0.25, 0.3) is 5.91 Å². The first-order valence-electron chi connectivity index (χ1n) is 8.82. The lowest BCUT2D eigenvalue weighted by Gasteiger charge is -2.11. The number of Topliss-reactive ketones (excluding diaryl/α,β-unsaturated/α-hetero) is 1.